The number of carbonyl (C=O) groups is 1. The number of fused-ring (bicyclic) bond motifs is 2. The van der Waals surface area contributed by atoms with Crippen molar-refractivity contribution in [1.29, 1.82) is 0 Å². The highest BCUT2D eigenvalue weighted by atomic mass is 16.7. The lowest BCUT2D eigenvalue weighted by molar-refractivity contribution is 0.174. The van der Waals surface area contributed by atoms with Crippen molar-refractivity contribution in [3.63, 3.8) is 0 Å². The molecule has 2 aromatic carbocycles. The smallest absolute Gasteiger partial charge is 0.323 e. The average Bonchev–Trinajstić information content (AvgIpc) is 3.16. The zero-order valence-electron chi connectivity index (χ0n) is 11.4. The van der Waals surface area contributed by atoms with Crippen LogP contribution < -0.4 is 29.6 Å². The number of urea groups is 1. The second-order valence-electron chi connectivity index (χ2n) is 4.66. The lowest BCUT2D eigenvalue weighted by Gasteiger charge is -2.11. The molecule has 0 spiro atoms. The normalized spacial score (nSPS) is 13.8. The maximum Gasteiger partial charge on any atom is 0.323 e. The molecule has 0 aromatic heterocycles. The molecule has 7 heteroatoms. The molecule has 2 aromatic rings. The SMILES string of the molecule is O=C(Nc1cccc2c1OCO2)Nc1cccc2c1OCO2. The first-order valence-corrected chi connectivity index (χ1v) is 6.66. The predicted molar refractivity (Wildman–Crippen MR) is 77.8 cm³/mol. The highest BCUT2D eigenvalue weighted by Crippen LogP contribution is 2.40. The lowest BCUT2D eigenvalue weighted by Crippen LogP contribution is -2.19. The van der Waals surface area contributed by atoms with E-state index in [0.29, 0.717) is 34.4 Å². The Morgan fingerprint density at radius 3 is 1.77 bits per heavy atom. The van der Waals surface area contributed by atoms with Crippen LogP contribution in [0.15, 0.2) is 36.4 Å². The molecule has 112 valence electrons. The number of amides is 2. The van der Waals surface area contributed by atoms with E-state index in [1.54, 1.807) is 36.4 Å². The van der Waals surface area contributed by atoms with Crippen molar-refractivity contribution >= 4 is 17.4 Å². The van der Waals surface area contributed by atoms with Crippen LogP contribution in [-0.4, -0.2) is 19.6 Å². The molecule has 0 radical (unpaired) electrons. The molecular weight excluding hydrogens is 288 g/mol. The summed E-state index contributed by atoms with van der Waals surface area (Å²) in [5.41, 5.74) is 1.08. The highest BCUT2D eigenvalue weighted by Gasteiger charge is 2.21. The highest BCUT2D eigenvalue weighted by molar-refractivity contribution is 6.02. The van der Waals surface area contributed by atoms with E-state index in [1.807, 2.05) is 0 Å². The van der Waals surface area contributed by atoms with Crippen molar-refractivity contribution in [2.45, 2.75) is 0 Å². The molecule has 0 bridgehead atoms. The minimum absolute atomic E-state index is 0.146. The molecule has 0 saturated carbocycles. The summed E-state index contributed by atoms with van der Waals surface area (Å²) in [7, 11) is 0. The summed E-state index contributed by atoms with van der Waals surface area (Å²) in [5, 5.41) is 5.46. The van der Waals surface area contributed by atoms with Gasteiger partial charge in [-0.1, -0.05) is 12.1 Å². The van der Waals surface area contributed by atoms with Crippen LogP contribution >= 0.6 is 0 Å². The molecule has 0 saturated heterocycles. The van der Waals surface area contributed by atoms with E-state index in [9.17, 15) is 4.79 Å². The predicted octanol–water partition coefficient (Wildman–Crippen LogP) is 2.79. The van der Waals surface area contributed by atoms with Crippen molar-refractivity contribution in [1.82, 2.24) is 0 Å². The van der Waals surface area contributed by atoms with Crippen molar-refractivity contribution in [3.05, 3.63) is 36.4 Å². The van der Waals surface area contributed by atoms with Crippen LogP contribution in [0.3, 0.4) is 0 Å². The fraction of sp³-hybridized carbons (Fsp3) is 0.133. The van der Waals surface area contributed by atoms with Crippen molar-refractivity contribution in [3.8, 4) is 23.0 Å². The molecular formula is C15H12N2O5. The van der Waals surface area contributed by atoms with Gasteiger partial charge in [-0.05, 0) is 24.3 Å². The molecule has 2 amide bonds. The van der Waals surface area contributed by atoms with E-state index in [4.69, 9.17) is 18.9 Å². The second kappa shape index (κ2) is 5.03. The molecule has 0 aliphatic carbocycles. The third-order valence-electron chi connectivity index (χ3n) is 3.29. The number of nitrogens with one attached hydrogen (secondary N) is 2. The van der Waals surface area contributed by atoms with Gasteiger partial charge < -0.3 is 29.6 Å². The van der Waals surface area contributed by atoms with E-state index >= 15 is 0 Å². The number of hydrogen-bond donors (Lipinski definition) is 2. The van der Waals surface area contributed by atoms with Crippen LogP contribution in [0, 0.1) is 0 Å². The zero-order valence-corrected chi connectivity index (χ0v) is 11.4. The van der Waals surface area contributed by atoms with Crippen LogP contribution in [-0.2, 0) is 0 Å². The first kappa shape index (κ1) is 12.6. The van der Waals surface area contributed by atoms with E-state index in [-0.39, 0.29) is 13.6 Å². The van der Waals surface area contributed by atoms with Gasteiger partial charge in [0.1, 0.15) is 0 Å². The van der Waals surface area contributed by atoms with Gasteiger partial charge in [-0.2, -0.15) is 0 Å². The third kappa shape index (κ3) is 2.12. The number of benzene rings is 2. The molecule has 4 rings (SSSR count). The fourth-order valence-corrected chi connectivity index (χ4v) is 2.33. The summed E-state index contributed by atoms with van der Waals surface area (Å²) in [6.45, 7) is 0.292. The van der Waals surface area contributed by atoms with Crippen molar-refractivity contribution in [2.75, 3.05) is 24.2 Å². The third-order valence-corrected chi connectivity index (χ3v) is 3.29. The van der Waals surface area contributed by atoms with Gasteiger partial charge >= 0.3 is 6.03 Å². The molecule has 0 fully saturated rings. The van der Waals surface area contributed by atoms with E-state index < -0.39 is 6.03 Å². The largest absolute Gasteiger partial charge is 0.454 e. The van der Waals surface area contributed by atoms with Gasteiger partial charge in [0, 0.05) is 0 Å². The summed E-state index contributed by atoms with van der Waals surface area (Å²) in [6, 6.07) is 10.2. The molecule has 7 nitrogen and oxygen atoms in total. The molecule has 0 unspecified atom stereocenters. The van der Waals surface area contributed by atoms with Crippen LogP contribution in [0.5, 0.6) is 23.0 Å². The summed E-state index contributed by atoms with van der Waals surface area (Å²) in [4.78, 5) is 12.2. The number of rotatable bonds is 2. The van der Waals surface area contributed by atoms with Gasteiger partial charge in [0.15, 0.2) is 23.0 Å². The summed E-state index contributed by atoms with van der Waals surface area (Å²) in [5.74, 6) is 2.26. The monoisotopic (exact) mass is 300 g/mol. The zero-order chi connectivity index (χ0) is 14.9. The Labute approximate surface area is 125 Å². The minimum Gasteiger partial charge on any atom is -0.454 e. The number of para-hydroxylation sites is 2. The van der Waals surface area contributed by atoms with E-state index in [2.05, 4.69) is 10.6 Å². The quantitative estimate of drug-likeness (QED) is 0.891. The van der Waals surface area contributed by atoms with Gasteiger partial charge in [0.25, 0.3) is 0 Å². The number of carbonyl (C=O) groups excluding carboxylic acids is 1. The molecule has 22 heavy (non-hydrogen) atoms. The van der Waals surface area contributed by atoms with E-state index in [0.717, 1.165) is 0 Å². The number of anilines is 2. The molecule has 0 atom stereocenters. The average molecular weight is 300 g/mol. The first-order valence-electron chi connectivity index (χ1n) is 6.66. The number of ether oxygens (including phenoxy) is 4. The second-order valence-corrected chi connectivity index (χ2v) is 4.66. The van der Waals surface area contributed by atoms with Crippen LogP contribution in [0.1, 0.15) is 0 Å². The first-order chi connectivity index (χ1) is 10.8. The maximum absolute atomic E-state index is 12.2. The molecule has 2 aliphatic rings. The van der Waals surface area contributed by atoms with Gasteiger partial charge in [-0.3, -0.25) is 0 Å². The Kier molecular flexibility index (Phi) is 2.89. The topological polar surface area (TPSA) is 78.1 Å². The van der Waals surface area contributed by atoms with Crippen molar-refractivity contribution in [2.24, 2.45) is 0 Å². The molecule has 2 heterocycles. The Balaban J connectivity index is 1.52. The standard InChI is InChI=1S/C15H12N2O5/c18-15(16-9-3-1-5-11-13(9)21-7-19-11)17-10-4-2-6-12-14(10)22-8-20-12/h1-6H,7-8H2,(H2,16,17,18). The lowest BCUT2D eigenvalue weighted by atomic mass is 10.2. The van der Waals surface area contributed by atoms with Gasteiger partial charge in [0.2, 0.25) is 13.6 Å². The Bertz CT molecular complexity index is 685. The number of hydrogen-bond acceptors (Lipinski definition) is 5. The van der Waals surface area contributed by atoms with E-state index in [1.165, 1.54) is 0 Å². The van der Waals surface area contributed by atoms with Gasteiger partial charge in [0.05, 0.1) is 11.4 Å². The molecule has 2 aliphatic heterocycles. The summed E-state index contributed by atoms with van der Waals surface area (Å²) >= 11 is 0. The minimum atomic E-state index is -0.409. The molecule has 2 N–H and O–H groups in total. The van der Waals surface area contributed by atoms with Gasteiger partial charge in [-0.15, -0.1) is 0 Å². The van der Waals surface area contributed by atoms with Crippen LogP contribution in [0.4, 0.5) is 16.2 Å². The van der Waals surface area contributed by atoms with Gasteiger partial charge in [-0.25, -0.2) is 4.79 Å². The summed E-state index contributed by atoms with van der Waals surface area (Å²) < 4.78 is 21.2. The Morgan fingerprint density at radius 1 is 0.773 bits per heavy atom. The van der Waals surface area contributed by atoms with Crippen molar-refractivity contribution < 1.29 is 23.7 Å². The Hall–Kier alpha value is -3.09. The van der Waals surface area contributed by atoms with Crippen LogP contribution in [0.25, 0.3) is 0 Å². The fourth-order valence-electron chi connectivity index (χ4n) is 2.33. The van der Waals surface area contributed by atoms with Crippen LogP contribution in [0.2, 0.25) is 0 Å². The maximum atomic E-state index is 12.2. The summed E-state index contributed by atoms with van der Waals surface area (Å²) in [6.07, 6.45) is 0. The Morgan fingerprint density at radius 2 is 1.27 bits per heavy atom.